The van der Waals surface area contributed by atoms with Crippen molar-refractivity contribution in [2.75, 3.05) is 44.3 Å². The summed E-state index contributed by atoms with van der Waals surface area (Å²) in [6, 6.07) is 2.26. The number of rotatable bonds is 4. The maximum atomic E-state index is 5.39. The van der Waals surface area contributed by atoms with Crippen LogP contribution in [-0.2, 0) is 11.3 Å². The van der Waals surface area contributed by atoms with Crippen LogP contribution in [0.5, 0.6) is 0 Å². The highest BCUT2D eigenvalue weighted by molar-refractivity contribution is 5.28. The summed E-state index contributed by atoms with van der Waals surface area (Å²) in [6.45, 7) is 6.34. The fourth-order valence-corrected chi connectivity index (χ4v) is 3.34. The number of anilines is 1. The lowest BCUT2D eigenvalue weighted by atomic mass is 10.1. The average Bonchev–Trinajstić information content (AvgIpc) is 3.12. The normalized spacial score (nSPS) is 20.4. The molecule has 0 aliphatic carbocycles. The first-order valence-corrected chi connectivity index (χ1v) is 8.61. The number of morpholine rings is 1. The van der Waals surface area contributed by atoms with Gasteiger partial charge < -0.3 is 9.64 Å². The SMILES string of the molecule is c1cnc(N2CCC(n3cc(CN4CCOCC4)nn3)CC2)nc1. The summed E-state index contributed by atoms with van der Waals surface area (Å²) in [5.41, 5.74) is 1.05. The number of nitrogens with zero attached hydrogens (tertiary/aromatic N) is 7. The third-order valence-electron chi connectivity index (χ3n) is 4.72. The highest BCUT2D eigenvalue weighted by atomic mass is 16.5. The van der Waals surface area contributed by atoms with Gasteiger partial charge in [0.15, 0.2) is 0 Å². The number of piperidine rings is 1. The number of aromatic nitrogens is 5. The first-order chi connectivity index (χ1) is 11.9. The van der Waals surface area contributed by atoms with Crippen molar-refractivity contribution in [2.24, 2.45) is 0 Å². The van der Waals surface area contributed by atoms with Crippen molar-refractivity contribution in [1.82, 2.24) is 29.9 Å². The van der Waals surface area contributed by atoms with E-state index in [1.165, 1.54) is 0 Å². The van der Waals surface area contributed by atoms with Crippen molar-refractivity contribution in [3.63, 3.8) is 0 Å². The molecule has 0 radical (unpaired) electrons. The van der Waals surface area contributed by atoms with Gasteiger partial charge in [0.25, 0.3) is 0 Å². The van der Waals surface area contributed by atoms with Crippen LogP contribution in [0.15, 0.2) is 24.7 Å². The molecule has 0 N–H and O–H groups in total. The molecule has 4 rings (SSSR count). The summed E-state index contributed by atoms with van der Waals surface area (Å²) in [4.78, 5) is 13.3. The van der Waals surface area contributed by atoms with Gasteiger partial charge in [0.1, 0.15) is 0 Å². The summed E-state index contributed by atoms with van der Waals surface area (Å²) in [7, 11) is 0. The minimum absolute atomic E-state index is 0.413. The van der Waals surface area contributed by atoms with Gasteiger partial charge in [0.05, 0.1) is 31.1 Å². The lowest BCUT2D eigenvalue weighted by Gasteiger charge is -2.31. The van der Waals surface area contributed by atoms with E-state index < -0.39 is 0 Å². The first kappa shape index (κ1) is 15.5. The van der Waals surface area contributed by atoms with E-state index in [4.69, 9.17) is 4.74 Å². The second kappa shape index (κ2) is 7.23. The van der Waals surface area contributed by atoms with Gasteiger partial charge in [0.2, 0.25) is 5.95 Å². The van der Waals surface area contributed by atoms with E-state index >= 15 is 0 Å². The molecule has 8 heteroatoms. The Morgan fingerprint density at radius 2 is 1.79 bits per heavy atom. The van der Waals surface area contributed by atoms with Crippen LogP contribution in [0.25, 0.3) is 0 Å². The molecule has 8 nitrogen and oxygen atoms in total. The van der Waals surface area contributed by atoms with Crippen LogP contribution in [0.1, 0.15) is 24.6 Å². The third kappa shape index (κ3) is 3.54. The van der Waals surface area contributed by atoms with E-state index in [-0.39, 0.29) is 0 Å². The molecule has 0 amide bonds. The average molecular weight is 329 g/mol. The van der Waals surface area contributed by atoms with Crippen molar-refractivity contribution in [3.05, 3.63) is 30.4 Å². The van der Waals surface area contributed by atoms with Gasteiger partial charge in [0, 0.05) is 45.1 Å². The molecular formula is C16H23N7O. The Morgan fingerprint density at radius 3 is 2.54 bits per heavy atom. The van der Waals surface area contributed by atoms with E-state index in [1.54, 1.807) is 12.4 Å². The maximum Gasteiger partial charge on any atom is 0.225 e. The molecule has 0 aromatic carbocycles. The quantitative estimate of drug-likeness (QED) is 0.819. The van der Waals surface area contributed by atoms with Crippen LogP contribution in [0, 0.1) is 0 Å². The largest absolute Gasteiger partial charge is 0.379 e. The third-order valence-corrected chi connectivity index (χ3v) is 4.72. The molecule has 0 spiro atoms. The number of hydrogen-bond acceptors (Lipinski definition) is 7. The van der Waals surface area contributed by atoms with E-state index in [0.717, 1.165) is 70.4 Å². The standard InChI is InChI=1S/C16H23N7O/c1-4-17-16(18-5-1)22-6-2-15(3-7-22)23-13-14(19-20-23)12-21-8-10-24-11-9-21/h1,4-5,13,15H,2-3,6-12H2. The van der Waals surface area contributed by atoms with Crippen LogP contribution in [0.3, 0.4) is 0 Å². The number of hydrogen-bond donors (Lipinski definition) is 0. The lowest BCUT2D eigenvalue weighted by Crippen LogP contribution is -2.36. The Bertz CT molecular complexity index is 633. The Labute approximate surface area is 141 Å². The van der Waals surface area contributed by atoms with Crippen LogP contribution in [0.2, 0.25) is 0 Å². The second-order valence-electron chi connectivity index (χ2n) is 6.35. The highest BCUT2D eigenvalue weighted by Crippen LogP contribution is 2.24. The molecule has 2 aliphatic heterocycles. The molecular weight excluding hydrogens is 306 g/mol. The molecule has 0 atom stereocenters. The highest BCUT2D eigenvalue weighted by Gasteiger charge is 2.23. The van der Waals surface area contributed by atoms with E-state index in [1.807, 2.05) is 10.7 Å². The van der Waals surface area contributed by atoms with Crippen molar-refractivity contribution in [2.45, 2.75) is 25.4 Å². The predicted octanol–water partition coefficient (Wildman–Crippen LogP) is 0.742. The topological polar surface area (TPSA) is 72.2 Å². The van der Waals surface area contributed by atoms with E-state index in [2.05, 4.69) is 36.3 Å². The Balaban J connectivity index is 1.32. The Kier molecular flexibility index (Phi) is 4.66. The lowest BCUT2D eigenvalue weighted by molar-refractivity contribution is 0.0336. The molecule has 128 valence electrons. The van der Waals surface area contributed by atoms with Crippen molar-refractivity contribution in [1.29, 1.82) is 0 Å². The summed E-state index contributed by atoms with van der Waals surface area (Å²) >= 11 is 0. The van der Waals surface area contributed by atoms with Crippen LogP contribution < -0.4 is 4.90 Å². The fraction of sp³-hybridized carbons (Fsp3) is 0.625. The predicted molar refractivity (Wildman–Crippen MR) is 88.6 cm³/mol. The van der Waals surface area contributed by atoms with E-state index in [0.29, 0.717) is 6.04 Å². The second-order valence-corrected chi connectivity index (χ2v) is 6.35. The van der Waals surface area contributed by atoms with Gasteiger partial charge in [-0.05, 0) is 18.9 Å². The minimum atomic E-state index is 0.413. The Hall–Kier alpha value is -2.06. The van der Waals surface area contributed by atoms with Gasteiger partial charge >= 0.3 is 0 Å². The minimum Gasteiger partial charge on any atom is -0.379 e. The van der Waals surface area contributed by atoms with Crippen LogP contribution >= 0.6 is 0 Å². The molecule has 4 heterocycles. The maximum absolute atomic E-state index is 5.39. The summed E-state index contributed by atoms with van der Waals surface area (Å²) in [6.07, 6.45) is 7.78. The zero-order valence-electron chi connectivity index (χ0n) is 13.8. The zero-order chi connectivity index (χ0) is 16.2. The van der Waals surface area contributed by atoms with Gasteiger partial charge in [-0.15, -0.1) is 5.10 Å². The Morgan fingerprint density at radius 1 is 1.04 bits per heavy atom. The molecule has 0 saturated carbocycles. The van der Waals surface area contributed by atoms with Gasteiger partial charge in [-0.1, -0.05) is 5.21 Å². The molecule has 2 aliphatic rings. The fourth-order valence-electron chi connectivity index (χ4n) is 3.34. The van der Waals surface area contributed by atoms with Crippen LogP contribution in [-0.4, -0.2) is 69.3 Å². The molecule has 2 saturated heterocycles. The summed E-state index contributed by atoms with van der Waals surface area (Å²) in [5.74, 6) is 0.822. The van der Waals surface area contributed by atoms with Gasteiger partial charge in [-0.3, -0.25) is 4.90 Å². The monoisotopic (exact) mass is 329 g/mol. The molecule has 2 fully saturated rings. The van der Waals surface area contributed by atoms with Gasteiger partial charge in [-0.25, -0.2) is 14.6 Å². The molecule has 0 unspecified atom stereocenters. The van der Waals surface area contributed by atoms with Gasteiger partial charge in [-0.2, -0.15) is 0 Å². The molecule has 0 bridgehead atoms. The zero-order valence-corrected chi connectivity index (χ0v) is 13.8. The molecule has 2 aromatic rings. The van der Waals surface area contributed by atoms with Crippen molar-refractivity contribution in [3.8, 4) is 0 Å². The number of ether oxygens (including phenoxy) is 1. The molecule has 2 aromatic heterocycles. The van der Waals surface area contributed by atoms with Crippen molar-refractivity contribution < 1.29 is 4.74 Å². The van der Waals surface area contributed by atoms with E-state index in [9.17, 15) is 0 Å². The van der Waals surface area contributed by atoms with Crippen LogP contribution in [0.4, 0.5) is 5.95 Å². The molecule has 24 heavy (non-hydrogen) atoms. The summed E-state index contributed by atoms with van der Waals surface area (Å²) < 4.78 is 7.43. The smallest absolute Gasteiger partial charge is 0.225 e. The summed E-state index contributed by atoms with van der Waals surface area (Å²) in [5, 5.41) is 8.72. The first-order valence-electron chi connectivity index (χ1n) is 8.61. The van der Waals surface area contributed by atoms with Crippen molar-refractivity contribution >= 4 is 5.95 Å².